The Hall–Kier alpha value is -3.18. The first-order chi connectivity index (χ1) is 13.5. The summed E-state index contributed by atoms with van der Waals surface area (Å²) in [6.45, 7) is 1.93. The van der Waals surface area contributed by atoms with Gasteiger partial charge in [0.1, 0.15) is 5.58 Å². The number of hydrogen-bond donors (Lipinski definition) is 1. The van der Waals surface area contributed by atoms with Crippen LogP contribution in [0.15, 0.2) is 86.5 Å². The summed E-state index contributed by atoms with van der Waals surface area (Å²) in [5.74, 6) is -0.206. The highest BCUT2D eigenvalue weighted by Gasteiger charge is 2.11. The van der Waals surface area contributed by atoms with Crippen molar-refractivity contribution in [1.29, 1.82) is 0 Å². The molecule has 0 fully saturated rings. The first-order valence-electron chi connectivity index (χ1n) is 8.72. The van der Waals surface area contributed by atoms with Gasteiger partial charge < -0.3 is 9.73 Å². The fourth-order valence-electron chi connectivity index (χ4n) is 3.03. The summed E-state index contributed by atoms with van der Waals surface area (Å²) in [4.78, 5) is 24.8. The van der Waals surface area contributed by atoms with Gasteiger partial charge in [0.2, 0.25) is 0 Å². The van der Waals surface area contributed by atoms with E-state index in [9.17, 15) is 9.59 Å². The van der Waals surface area contributed by atoms with E-state index >= 15 is 0 Å². The van der Waals surface area contributed by atoms with Gasteiger partial charge in [0.25, 0.3) is 5.91 Å². The van der Waals surface area contributed by atoms with Crippen LogP contribution in [0.1, 0.15) is 15.9 Å². The number of rotatable bonds is 3. The maximum Gasteiger partial charge on any atom is 0.344 e. The summed E-state index contributed by atoms with van der Waals surface area (Å²) in [5.41, 5.74) is 3.56. The van der Waals surface area contributed by atoms with Crippen LogP contribution in [0.4, 0.5) is 5.69 Å². The van der Waals surface area contributed by atoms with Crippen molar-refractivity contribution >= 4 is 38.5 Å². The molecule has 0 saturated carbocycles. The smallest absolute Gasteiger partial charge is 0.344 e. The van der Waals surface area contributed by atoms with Crippen LogP contribution in [0.25, 0.3) is 22.1 Å². The van der Waals surface area contributed by atoms with Crippen molar-refractivity contribution < 1.29 is 9.21 Å². The van der Waals surface area contributed by atoms with E-state index in [2.05, 4.69) is 21.2 Å². The number of nitrogens with one attached hydrogen (secondary N) is 1. The van der Waals surface area contributed by atoms with E-state index in [1.165, 1.54) is 0 Å². The van der Waals surface area contributed by atoms with E-state index in [1.807, 2.05) is 43.3 Å². The van der Waals surface area contributed by atoms with Crippen LogP contribution in [-0.2, 0) is 0 Å². The highest BCUT2D eigenvalue weighted by Crippen LogP contribution is 2.23. The number of aryl methyl sites for hydroxylation is 1. The van der Waals surface area contributed by atoms with Crippen molar-refractivity contribution in [3.8, 4) is 11.1 Å². The molecule has 0 radical (unpaired) electrons. The minimum atomic E-state index is -0.401. The van der Waals surface area contributed by atoms with Gasteiger partial charge in [-0.05, 0) is 60.5 Å². The molecule has 5 heteroatoms. The summed E-state index contributed by atoms with van der Waals surface area (Å²) in [5, 5.41) is 3.76. The van der Waals surface area contributed by atoms with Crippen LogP contribution in [0, 0.1) is 6.92 Å². The number of fused-ring (bicyclic) bond motifs is 1. The summed E-state index contributed by atoms with van der Waals surface area (Å²) in [6, 6.07) is 21.8. The molecule has 0 spiro atoms. The maximum atomic E-state index is 12.5. The zero-order chi connectivity index (χ0) is 19.7. The molecular weight excluding hydrogens is 418 g/mol. The van der Waals surface area contributed by atoms with Crippen molar-refractivity contribution in [2.75, 3.05) is 5.32 Å². The monoisotopic (exact) mass is 433 g/mol. The Morgan fingerprint density at radius 2 is 1.71 bits per heavy atom. The molecule has 0 aliphatic rings. The van der Waals surface area contributed by atoms with E-state index < -0.39 is 5.63 Å². The van der Waals surface area contributed by atoms with Crippen LogP contribution in [-0.4, -0.2) is 5.91 Å². The lowest BCUT2D eigenvalue weighted by Crippen LogP contribution is -2.12. The normalized spacial score (nSPS) is 10.8. The number of halogens is 1. The van der Waals surface area contributed by atoms with E-state index in [-0.39, 0.29) is 5.91 Å². The standard InChI is InChI=1S/C23H16BrNO3/c1-14-12-18(24)10-11-20(14)25-22(26)16-8-6-15(7-9-16)19-13-17-4-2-3-5-21(17)28-23(19)27/h2-13H,1H3,(H,25,26). The van der Waals surface area contributed by atoms with Gasteiger partial charge in [-0.2, -0.15) is 0 Å². The van der Waals surface area contributed by atoms with E-state index in [1.54, 1.807) is 36.4 Å². The molecule has 0 saturated heterocycles. The van der Waals surface area contributed by atoms with Gasteiger partial charge in [0.05, 0.1) is 5.56 Å². The molecule has 4 rings (SSSR count). The summed E-state index contributed by atoms with van der Waals surface area (Å²) < 4.78 is 6.35. The van der Waals surface area contributed by atoms with E-state index in [0.29, 0.717) is 22.3 Å². The van der Waals surface area contributed by atoms with Gasteiger partial charge in [-0.1, -0.05) is 46.3 Å². The number of para-hydroxylation sites is 1. The predicted octanol–water partition coefficient (Wildman–Crippen LogP) is 5.78. The quantitative estimate of drug-likeness (QED) is 0.416. The van der Waals surface area contributed by atoms with Gasteiger partial charge in [0, 0.05) is 21.1 Å². The molecule has 0 atom stereocenters. The second-order valence-corrected chi connectivity index (χ2v) is 7.39. The third-order valence-corrected chi connectivity index (χ3v) is 5.03. The molecule has 28 heavy (non-hydrogen) atoms. The molecular formula is C23H16BrNO3. The van der Waals surface area contributed by atoms with Crippen LogP contribution in [0.3, 0.4) is 0 Å². The van der Waals surface area contributed by atoms with Crippen molar-refractivity contribution in [3.05, 3.63) is 98.8 Å². The molecule has 1 heterocycles. The molecule has 1 amide bonds. The number of anilines is 1. The Balaban J connectivity index is 1.61. The molecule has 0 unspecified atom stereocenters. The number of benzene rings is 3. The molecule has 3 aromatic carbocycles. The van der Waals surface area contributed by atoms with Crippen LogP contribution < -0.4 is 10.9 Å². The summed E-state index contributed by atoms with van der Waals surface area (Å²) >= 11 is 3.41. The van der Waals surface area contributed by atoms with Gasteiger partial charge in [0.15, 0.2) is 0 Å². The molecule has 138 valence electrons. The largest absolute Gasteiger partial charge is 0.422 e. The summed E-state index contributed by atoms with van der Waals surface area (Å²) in [6.07, 6.45) is 0. The van der Waals surface area contributed by atoms with Crippen LogP contribution >= 0.6 is 15.9 Å². The number of carbonyl (C=O) groups excluding carboxylic acids is 1. The zero-order valence-corrected chi connectivity index (χ0v) is 16.6. The molecule has 4 aromatic rings. The predicted molar refractivity (Wildman–Crippen MR) is 115 cm³/mol. The number of hydrogen-bond acceptors (Lipinski definition) is 3. The van der Waals surface area contributed by atoms with Crippen molar-refractivity contribution in [2.45, 2.75) is 6.92 Å². The lowest BCUT2D eigenvalue weighted by atomic mass is 10.0. The van der Waals surface area contributed by atoms with E-state index in [4.69, 9.17) is 4.42 Å². The number of carbonyl (C=O) groups is 1. The fourth-order valence-corrected chi connectivity index (χ4v) is 3.50. The Bertz CT molecular complexity index is 1240. The fraction of sp³-hybridized carbons (Fsp3) is 0.0435. The third-order valence-electron chi connectivity index (χ3n) is 4.54. The first-order valence-corrected chi connectivity index (χ1v) is 9.51. The molecule has 0 bridgehead atoms. The van der Waals surface area contributed by atoms with E-state index in [0.717, 1.165) is 21.1 Å². The number of amides is 1. The van der Waals surface area contributed by atoms with Crippen LogP contribution in [0.2, 0.25) is 0 Å². The zero-order valence-electron chi connectivity index (χ0n) is 15.0. The second kappa shape index (κ2) is 7.44. The van der Waals surface area contributed by atoms with Gasteiger partial charge in [-0.15, -0.1) is 0 Å². The lowest BCUT2D eigenvalue weighted by molar-refractivity contribution is 0.102. The molecule has 4 nitrogen and oxygen atoms in total. The average Bonchev–Trinajstić information content (AvgIpc) is 2.69. The third kappa shape index (κ3) is 3.62. The maximum absolute atomic E-state index is 12.5. The van der Waals surface area contributed by atoms with Gasteiger partial charge >= 0.3 is 5.63 Å². The first kappa shape index (κ1) is 18.2. The average molecular weight is 434 g/mol. The highest BCUT2D eigenvalue weighted by molar-refractivity contribution is 9.10. The second-order valence-electron chi connectivity index (χ2n) is 6.48. The SMILES string of the molecule is Cc1cc(Br)ccc1NC(=O)c1ccc(-c2cc3ccccc3oc2=O)cc1. The highest BCUT2D eigenvalue weighted by atomic mass is 79.9. The van der Waals surface area contributed by atoms with Crippen molar-refractivity contribution in [2.24, 2.45) is 0 Å². The Morgan fingerprint density at radius 3 is 2.46 bits per heavy atom. The Kier molecular flexibility index (Phi) is 4.84. The minimum absolute atomic E-state index is 0.206. The topological polar surface area (TPSA) is 59.3 Å². The Labute approximate surface area is 170 Å². The summed E-state index contributed by atoms with van der Waals surface area (Å²) in [7, 11) is 0. The van der Waals surface area contributed by atoms with Crippen LogP contribution in [0.5, 0.6) is 0 Å². The van der Waals surface area contributed by atoms with Crippen molar-refractivity contribution in [3.63, 3.8) is 0 Å². The lowest BCUT2D eigenvalue weighted by Gasteiger charge is -2.09. The van der Waals surface area contributed by atoms with Gasteiger partial charge in [-0.25, -0.2) is 4.79 Å². The van der Waals surface area contributed by atoms with Crippen molar-refractivity contribution in [1.82, 2.24) is 0 Å². The molecule has 1 aromatic heterocycles. The van der Waals surface area contributed by atoms with Gasteiger partial charge in [-0.3, -0.25) is 4.79 Å². The molecule has 0 aliphatic carbocycles. The minimum Gasteiger partial charge on any atom is -0.422 e. The Morgan fingerprint density at radius 1 is 0.964 bits per heavy atom. The molecule has 0 aliphatic heterocycles. The molecule has 1 N–H and O–H groups in total.